The Hall–Kier alpha value is -3.39. The number of likely N-dealkylation sites (N-methyl/N-ethyl adjacent to an activating group) is 1. The van der Waals surface area contributed by atoms with Gasteiger partial charge in [0.05, 0.1) is 39.8 Å². The van der Waals surface area contributed by atoms with E-state index in [-0.39, 0.29) is 28.9 Å². The quantitative estimate of drug-likeness (QED) is 0.262. The van der Waals surface area contributed by atoms with Crippen molar-refractivity contribution in [3.8, 4) is 0 Å². The number of aromatic nitrogens is 1. The van der Waals surface area contributed by atoms with Gasteiger partial charge in [-0.3, -0.25) is 9.59 Å². The van der Waals surface area contributed by atoms with Crippen LogP contribution in [0.25, 0.3) is 5.76 Å². The summed E-state index contributed by atoms with van der Waals surface area (Å²) in [6.45, 7) is 12.5. The molecule has 1 aliphatic heterocycles. The van der Waals surface area contributed by atoms with E-state index in [4.69, 9.17) is 4.74 Å². The Morgan fingerprint density at radius 1 is 1.14 bits per heavy atom. The molecule has 0 bridgehead atoms. The first kappa shape index (κ1) is 27.2. The maximum Gasteiger partial charge on any atom is 0.355 e. The molecule has 1 aromatic carbocycles. The summed E-state index contributed by atoms with van der Waals surface area (Å²) in [5.41, 5.74) is 2.91. The first-order chi connectivity index (χ1) is 16.8. The van der Waals surface area contributed by atoms with Crippen molar-refractivity contribution in [3.63, 3.8) is 0 Å². The molecule has 2 heterocycles. The molecule has 2 N–H and O–H groups in total. The highest BCUT2D eigenvalue weighted by molar-refractivity contribution is 6.46. The van der Waals surface area contributed by atoms with E-state index in [1.807, 2.05) is 38.4 Å². The molecule has 0 spiro atoms. The number of esters is 1. The number of Topliss-reactive ketones (excluding diaryl/α,β-unsaturated/α-hetero) is 1. The Bertz CT molecular complexity index is 1200. The summed E-state index contributed by atoms with van der Waals surface area (Å²) in [7, 11) is 3.93. The van der Waals surface area contributed by atoms with Crippen molar-refractivity contribution in [2.75, 3.05) is 33.8 Å². The number of likely N-dealkylation sites (tertiary alicyclic amines) is 1. The van der Waals surface area contributed by atoms with Crippen LogP contribution in [0.4, 0.5) is 0 Å². The van der Waals surface area contributed by atoms with Gasteiger partial charge in [-0.1, -0.05) is 50.8 Å². The number of H-pyrrole nitrogens is 1. The number of carbonyl (C=O) groups is 3. The predicted molar refractivity (Wildman–Crippen MR) is 135 cm³/mol. The molecule has 1 saturated heterocycles. The van der Waals surface area contributed by atoms with Gasteiger partial charge >= 0.3 is 5.97 Å². The average Bonchev–Trinajstić information content (AvgIpc) is 3.24. The van der Waals surface area contributed by atoms with E-state index in [1.165, 1.54) is 4.90 Å². The number of quaternary nitrogens is 1. The largest absolute Gasteiger partial charge is 0.872 e. The molecule has 0 saturated carbocycles. The van der Waals surface area contributed by atoms with E-state index >= 15 is 0 Å². The minimum Gasteiger partial charge on any atom is -0.872 e. The number of nitrogens with one attached hydrogen (secondary N) is 2. The number of nitrogens with zero attached hydrogens (tertiary/aromatic N) is 1. The SMILES string of the molecule is CCOC(=O)c1[nH]c(C)c(/C([O-])=C2\C(=O)C(=O)N(CC[NH+](C)C)C2c2ccc(C(C)(C)C)cc2)c1C. The minimum atomic E-state index is -0.800. The van der Waals surface area contributed by atoms with E-state index in [2.05, 4.69) is 25.8 Å². The van der Waals surface area contributed by atoms with Crippen LogP contribution in [0.1, 0.15) is 72.2 Å². The number of rotatable bonds is 7. The highest BCUT2D eigenvalue weighted by atomic mass is 16.5. The Labute approximate surface area is 212 Å². The lowest BCUT2D eigenvalue weighted by Crippen LogP contribution is -3.06. The number of hydrogen-bond donors (Lipinski definition) is 2. The zero-order chi connectivity index (χ0) is 26.9. The molecule has 1 aliphatic rings. The number of aromatic amines is 1. The lowest BCUT2D eigenvalue weighted by molar-refractivity contribution is -0.857. The molecular formula is C28H37N3O5. The highest BCUT2D eigenvalue weighted by Gasteiger charge is 2.44. The van der Waals surface area contributed by atoms with Gasteiger partial charge in [0.2, 0.25) is 5.78 Å². The fourth-order valence-corrected chi connectivity index (χ4v) is 4.59. The number of benzene rings is 1. The van der Waals surface area contributed by atoms with Crippen molar-refractivity contribution < 1.29 is 29.1 Å². The molecule has 1 atom stereocenters. The number of ether oxygens (including phenoxy) is 1. The van der Waals surface area contributed by atoms with Crippen LogP contribution in [0.3, 0.4) is 0 Å². The van der Waals surface area contributed by atoms with Gasteiger partial charge in [-0.2, -0.15) is 0 Å². The van der Waals surface area contributed by atoms with Gasteiger partial charge < -0.3 is 24.6 Å². The Morgan fingerprint density at radius 3 is 2.28 bits per heavy atom. The summed E-state index contributed by atoms with van der Waals surface area (Å²) in [6.07, 6.45) is 0. The van der Waals surface area contributed by atoms with Gasteiger partial charge in [0.25, 0.3) is 5.91 Å². The van der Waals surface area contributed by atoms with Gasteiger partial charge in [-0.15, -0.1) is 0 Å². The molecular weight excluding hydrogens is 458 g/mol. The second-order valence-corrected chi connectivity index (χ2v) is 10.6. The van der Waals surface area contributed by atoms with Crippen LogP contribution >= 0.6 is 0 Å². The molecule has 1 fully saturated rings. The number of ketones is 1. The van der Waals surface area contributed by atoms with Crippen molar-refractivity contribution >= 4 is 23.4 Å². The third-order valence-electron chi connectivity index (χ3n) is 6.62. The number of hydrogen-bond acceptors (Lipinski definition) is 5. The highest BCUT2D eigenvalue weighted by Crippen LogP contribution is 2.40. The van der Waals surface area contributed by atoms with Gasteiger partial charge in [0.1, 0.15) is 5.69 Å². The Morgan fingerprint density at radius 2 is 1.75 bits per heavy atom. The van der Waals surface area contributed by atoms with Gasteiger partial charge in [0, 0.05) is 11.3 Å². The summed E-state index contributed by atoms with van der Waals surface area (Å²) in [5, 5.41) is 13.9. The maximum atomic E-state index is 13.9. The van der Waals surface area contributed by atoms with Crippen LogP contribution in [0.5, 0.6) is 0 Å². The molecule has 1 amide bonds. The lowest BCUT2D eigenvalue weighted by atomic mass is 9.85. The molecule has 194 valence electrons. The second kappa shape index (κ2) is 10.3. The number of carbonyl (C=O) groups excluding carboxylic acids is 3. The van der Waals surface area contributed by atoms with E-state index in [0.717, 1.165) is 10.5 Å². The average molecular weight is 496 g/mol. The van der Waals surface area contributed by atoms with Crippen molar-refractivity contribution in [2.45, 2.75) is 53.0 Å². The fourth-order valence-electron chi connectivity index (χ4n) is 4.59. The molecule has 36 heavy (non-hydrogen) atoms. The van der Waals surface area contributed by atoms with Gasteiger partial charge in [-0.05, 0) is 48.4 Å². The van der Waals surface area contributed by atoms with Crippen LogP contribution in [0, 0.1) is 13.8 Å². The smallest absolute Gasteiger partial charge is 0.355 e. The summed E-state index contributed by atoms with van der Waals surface area (Å²) in [6, 6.07) is 6.93. The van der Waals surface area contributed by atoms with E-state index in [1.54, 1.807) is 20.8 Å². The molecule has 1 aromatic heterocycles. The second-order valence-electron chi connectivity index (χ2n) is 10.6. The summed E-state index contributed by atoms with van der Waals surface area (Å²) in [4.78, 5) is 44.4. The summed E-state index contributed by atoms with van der Waals surface area (Å²) < 4.78 is 5.10. The minimum absolute atomic E-state index is 0.0704. The molecule has 3 rings (SSSR count). The monoisotopic (exact) mass is 495 g/mol. The van der Waals surface area contributed by atoms with Crippen LogP contribution in [-0.4, -0.2) is 61.3 Å². The van der Waals surface area contributed by atoms with Crippen molar-refractivity contribution in [3.05, 3.63) is 63.5 Å². The number of aryl methyl sites for hydroxylation is 1. The van der Waals surface area contributed by atoms with Gasteiger partial charge in [0.15, 0.2) is 0 Å². The van der Waals surface area contributed by atoms with Crippen LogP contribution in [0.15, 0.2) is 29.8 Å². The molecule has 2 aromatic rings. The predicted octanol–water partition coefficient (Wildman–Crippen LogP) is 1.47. The summed E-state index contributed by atoms with van der Waals surface area (Å²) >= 11 is 0. The van der Waals surface area contributed by atoms with Crippen molar-refractivity contribution in [2.24, 2.45) is 0 Å². The lowest BCUT2D eigenvalue weighted by Gasteiger charge is -2.28. The zero-order valence-electron chi connectivity index (χ0n) is 22.5. The van der Waals surface area contributed by atoms with E-state index in [0.29, 0.717) is 29.9 Å². The first-order valence-corrected chi connectivity index (χ1v) is 12.3. The van der Waals surface area contributed by atoms with Crippen LogP contribution in [-0.2, 0) is 19.7 Å². The Kier molecular flexibility index (Phi) is 7.79. The van der Waals surface area contributed by atoms with Crippen molar-refractivity contribution in [1.82, 2.24) is 9.88 Å². The molecule has 0 radical (unpaired) electrons. The standard InChI is InChI=1S/C28H37N3O5/c1-9-36-27(35)22-16(2)20(17(3)29-22)24(32)21-23(18-10-12-19(13-11-18)28(4,5)6)31(15-14-30(7)8)26(34)25(21)33/h10-13,23,29,32H,9,14-15H2,1-8H3/b24-21+. The maximum absolute atomic E-state index is 13.9. The first-order valence-electron chi connectivity index (χ1n) is 12.3. The molecule has 8 heteroatoms. The summed E-state index contributed by atoms with van der Waals surface area (Å²) in [5.74, 6) is -2.59. The van der Waals surface area contributed by atoms with Gasteiger partial charge in [-0.25, -0.2) is 4.79 Å². The molecule has 8 nitrogen and oxygen atoms in total. The zero-order valence-corrected chi connectivity index (χ0v) is 22.5. The van der Waals surface area contributed by atoms with Crippen LogP contribution in [0.2, 0.25) is 0 Å². The topological polar surface area (TPSA) is 107 Å². The van der Waals surface area contributed by atoms with Crippen molar-refractivity contribution in [1.29, 1.82) is 0 Å². The third kappa shape index (κ3) is 5.09. The normalized spacial score (nSPS) is 17.8. The van der Waals surface area contributed by atoms with E-state index < -0.39 is 29.5 Å². The van der Waals surface area contributed by atoms with E-state index in [9.17, 15) is 19.5 Å². The molecule has 1 unspecified atom stereocenters. The Balaban J connectivity index is 2.20. The third-order valence-corrected chi connectivity index (χ3v) is 6.62. The molecule has 0 aliphatic carbocycles. The number of amides is 1. The fraction of sp³-hybridized carbons (Fsp3) is 0.464. The van der Waals surface area contributed by atoms with Crippen LogP contribution < -0.4 is 10.0 Å².